The van der Waals surface area contributed by atoms with Crippen LogP contribution in [0.15, 0.2) is 16.6 Å². The highest BCUT2D eigenvalue weighted by Crippen LogP contribution is 2.30. The van der Waals surface area contributed by atoms with Gasteiger partial charge in [0.25, 0.3) is 0 Å². The van der Waals surface area contributed by atoms with Crippen LogP contribution in [0.3, 0.4) is 0 Å². The number of nitrogens with zero attached hydrogens (tertiary/aromatic N) is 3. The average molecular weight is 391 g/mol. The molecule has 0 aliphatic heterocycles. The van der Waals surface area contributed by atoms with Gasteiger partial charge in [0.05, 0.1) is 5.69 Å². The zero-order chi connectivity index (χ0) is 15.4. The maximum atomic E-state index is 6.13. The summed E-state index contributed by atoms with van der Waals surface area (Å²) in [6, 6.07) is 3.72. The van der Waals surface area contributed by atoms with E-state index < -0.39 is 0 Å². The minimum absolute atomic E-state index is 0.125. The minimum atomic E-state index is 0.125. The standard InChI is InChI=1S/C13H14BrCl2N5/c1-3-4-17-12-19-11(16)20-13(21-12)18-10-6-9(15)7(2)5-8(10)14/h5-6H,3-4H2,1-2H3,(H2,17,18,19,20,21). The number of hydrogen-bond acceptors (Lipinski definition) is 5. The van der Waals surface area contributed by atoms with Crippen molar-refractivity contribution in [3.63, 3.8) is 0 Å². The van der Waals surface area contributed by atoms with E-state index >= 15 is 0 Å². The topological polar surface area (TPSA) is 62.7 Å². The van der Waals surface area contributed by atoms with Crippen molar-refractivity contribution in [2.75, 3.05) is 17.2 Å². The van der Waals surface area contributed by atoms with Crippen LogP contribution in [-0.2, 0) is 0 Å². The van der Waals surface area contributed by atoms with Gasteiger partial charge in [-0.2, -0.15) is 15.0 Å². The molecule has 2 N–H and O–H groups in total. The van der Waals surface area contributed by atoms with Gasteiger partial charge in [0.1, 0.15) is 0 Å². The first-order valence-electron chi connectivity index (χ1n) is 6.37. The van der Waals surface area contributed by atoms with E-state index in [1.54, 1.807) is 6.07 Å². The molecule has 21 heavy (non-hydrogen) atoms. The van der Waals surface area contributed by atoms with Crippen molar-refractivity contribution in [1.82, 2.24) is 15.0 Å². The van der Waals surface area contributed by atoms with Gasteiger partial charge in [-0.15, -0.1) is 0 Å². The number of benzene rings is 1. The summed E-state index contributed by atoms with van der Waals surface area (Å²) in [7, 11) is 0. The fourth-order valence-corrected chi connectivity index (χ4v) is 2.47. The molecule has 8 heteroatoms. The number of hydrogen-bond donors (Lipinski definition) is 2. The van der Waals surface area contributed by atoms with E-state index in [1.165, 1.54) is 0 Å². The van der Waals surface area contributed by atoms with Crippen LogP contribution in [-0.4, -0.2) is 21.5 Å². The van der Waals surface area contributed by atoms with E-state index in [2.05, 4.69) is 48.4 Å². The molecule has 0 bridgehead atoms. The third kappa shape index (κ3) is 4.43. The number of aromatic nitrogens is 3. The van der Waals surface area contributed by atoms with Crippen molar-refractivity contribution < 1.29 is 0 Å². The molecule has 0 radical (unpaired) electrons. The summed E-state index contributed by atoms with van der Waals surface area (Å²) >= 11 is 15.5. The van der Waals surface area contributed by atoms with E-state index in [1.807, 2.05) is 13.0 Å². The van der Waals surface area contributed by atoms with Gasteiger partial charge in [0.2, 0.25) is 17.2 Å². The second-order valence-electron chi connectivity index (χ2n) is 4.38. The molecule has 0 saturated carbocycles. The first kappa shape index (κ1) is 16.3. The molecule has 5 nitrogen and oxygen atoms in total. The fraction of sp³-hybridized carbons (Fsp3) is 0.308. The summed E-state index contributed by atoms with van der Waals surface area (Å²) in [5.74, 6) is 0.794. The van der Waals surface area contributed by atoms with Crippen LogP contribution in [0.1, 0.15) is 18.9 Å². The third-order valence-electron chi connectivity index (χ3n) is 2.64. The molecule has 0 saturated heterocycles. The average Bonchev–Trinajstić information content (AvgIpc) is 2.42. The summed E-state index contributed by atoms with van der Waals surface area (Å²) in [6.07, 6.45) is 0.963. The summed E-state index contributed by atoms with van der Waals surface area (Å²) in [5.41, 5.74) is 1.74. The second kappa shape index (κ2) is 7.24. The maximum Gasteiger partial charge on any atom is 0.233 e. The number of nitrogens with one attached hydrogen (secondary N) is 2. The fourth-order valence-electron chi connectivity index (χ4n) is 1.58. The highest BCUT2D eigenvalue weighted by molar-refractivity contribution is 9.10. The molecule has 0 atom stereocenters. The molecule has 2 aromatic rings. The molecule has 0 spiro atoms. The van der Waals surface area contributed by atoms with Crippen LogP contribution in [0.4, 0.5) is 17.6 Å². The molecule has 1 heterocycles. The molecule has 2 rings (SSSR count). The second-order valence-corrected chi connectivity index (χ2v) is 5.98. The summed E-state index contributed by atoms with van der Waals surface area (Å²) in [5, 5.41) is 6.93. The van der Waals surface area contributed by atoms with Gasteiger partial charge in [-0.1, -0.05) is 18.5 Å². The molecule has 0 unspecified atom stereocenters. The Morgan fingerprint density at radius 3 is 2.57 bits per heavy atom. The Morgan fingerprint density at radius 1 is 1.14 bits per heavy atom. The van der Waals surface area contributed by atoms with E-state index in [4.69, 9.17) is 23.2 Å². The van der Waals surface area contributed by atoms with Gasteiger partial charge in [-0.25, -0.2) is 0 Å². The summed E-state index contributed by atoms with van der Waals surface area (Å²) in [6.45, 7) is 4.75. The molecule has 0 aliphatic rings. The minimum Gasteiger partial charge on any atom is -0.354 e. The molecule has 1 aromatic carbocycles. The largest absolute Gasteiger partial charge is 0.354 e. The Kier molecular flexibility index (Phi) is 5.61. The molecule has 1 aromatic heterocycles. The van der Waals surface area contributed by atoms with Gasteiger partial charge >= 0.3 is 0 Å². The molecule has 0 aliphatic carbocycles. The molecular formula is C13H14BrCl2N5. The highest BCUT2D eigenvalue weighted by Gasteiger charge is 2.09. The van der Waals surface area contributed by atoms with Crippen LogP contribution < -0.4 is 10.6 Å². The number of rotatable bonds is 5. The third-order valence-corrected chi connectivity index (χ3v) is 3.87. The predicted octanol–water partition coefficient (Wildman–Crippen LogP) is 4.81. The highest BCUT2D eigenvalue weighted by atomic mass is 79.9. The first-order valence-corrected chi connectivity index (χ1v) is 7.92. The van der Waals surface area contributed by atoms with Crippen molar-refractivity contribution in [3.8, 4) is 0 Å². The summed E-state index contributed by atoms with van der Waals surface area (Å²) in [4.78, 5) is 12.3. The van der Waals surface area contributed by atoms with Crippen molar-refractivity contribution >= 4 is 56.7 Å². The SMILES string of the molecule is CCCNc1nc(Cl)nc(Nc2cc(Cl)c(C)cc2Br)n1. The normalized spacial score (nSPS) is 10.5. The van der Waals surface area contributed by atoms with Crippen molar-refractivity contribution in [2.24, 2.45) is 0 Å². The summed E-state index contributed by atoms with van der Waals surface area (Å²) < 4.78 is 0.865. The van der Waals surface area contributed by atoms with E-state index in [9.17, 15) is 0 Å². The van der Waals surface area contributed by atoms with Gasteiger partial charge in [0, 0.05) is 16.0 Å². The zero-order valence-electron chi connectivity index (χ0n) is 11.5. The molecule has 0 fully saturated rings. The van der Waals surface area contributed by atoms with Crippen LogP contribution in [0, 0.1) is 6.92 Å². The number of anilines is 3. The lowest BCUT2D eigenvalue weighted by atomic mass is 10.2. The van der Waals surface area contributed by atoms with Crippen molar-refractivity contribution in [1.29, 1.82) is 0 Å². The van der Waals surface area contributed by atoms with Crippen molar-refractivity contribution in [2.45, 2.75) is 20.3 Å². The van der Waals surface area contributed by atoms with E-state index in [-0.39, 0.29) is 5.28 Å². The Morgan fingerprint density at radius 2 is 1.86 bits per heavy atom. The first-order chi connectivity index (χ1) is 9.99. The molecule has 112 valence electrons. The van der Waals surface area contributed by atoms with Gasteiger partial charge in [-0.05, 0) is 58.6 Å². The lowest BCUT2D eigenvalue weighted by Gasteiger charge is -2.10. The van der Waals surface area contributed by atoms with Gasteiger partial charge in [-0.3, -0.25) is 0 Å². The van der Waals surface area contributed by atoms with Crippen LogP contribution in [0.5, 0.6) is 0 Å². The van der Waals surface area contributed by atoms with E-state index in [0.29, 0.717) is 16.9 Å². The lowest BCUT2D eigenvalue weighted by Crippen LogP contribution is -2.08. The Bertz CT molecular complexity index is 651. The Balaban J connectivity index is 2.27. The smallest absolute Gasteiger partial charge is 0.233 e. The predicted molar refractivity (Wildman–Crippen MR) is 90.8 cm³/mol. The van der Waals surface area contributed by atoms with Gasteiger partial charge < -0.3 is 10.6 Å². The van der Waals surface area contributed by atoms with Crippen LogP contribution >= 0.6 is 39.1 Å². The monoisotopic (exact) mass is 389 g/mol. The molecular weight excluding hydrogens is 377 g/mol. The number of halogens is 3. The zero-order valence-corrected chi connectivity index (χ0v) is 14.6. The van der Waals surface area contributed by atoms with Crippen molar-refractivity contribution in [3.05, 3.63) is 32.5 Å². The van der Waals surface area contributed by atoms with Gasteiger partial charge in [0.15, 0.2) is 0 Å². The maximum absolute atomic E-state index is 6.13. The van der Waals surface area contributed by atoms with E-state index in [0.717, 1.165) is 28.7 Å². The van der Waals surface area contributed by atoms with Crippen LogP contribution in [0.2, 0.25) is 10.3 Å². The number of aryl methyl sites for hydroxylation is 1. The quantitative estimate of drug-likeness (QED) is 0.766. The Hall–Kier alpha value is -1.11. The Labute approximate surface area is 141 Å². The molecule has 0 amide bonds. The lowest BCUT2D eigenvalue weighted by molar-refractivity contribution is 0.940. The van der Waals surface area contributed by atoms with Crippen LogP contribution in [0.25, 0.3) is 0 Å².